The second-order valence-corrected chi connectivity index (χ2v) is 7.45. The molecule has 2 aromatic carbocycles. The van der Waals surface area contributed by atoms with Crippen LogP contribution in [0.25, 0.3) is 0 Å². The molecule has 0 aliphatic carbocycles. The van der Waals surface area contributed by atoms with Gasteiger partial charge in [-0.05, 0) is 50.1 Å². The van der Waals surface area contributed by atoms with E-state index in [2.05, 4.69) is 5.32 Å². The van der Waals surface area contributed by atoms with Crippen LogP contribution in [0, 0.1) is 10.1 Å². The van der Waals surface area contributed by atoms with E-state index in [9.17, 15) is 20.3 Å². The van der Waals surface area contributed by atoms with E-state index < -0.39 is 17.3 Å². The van der Waals surface area contributed by atoms with Crippen molar-refractivity contribution >= 4 is 12.4 Å². The fourth-order valence-corrected chi connectivity index (χ4v) is 2.89. The number of ether oxygens (including phenoxy) is 2. The van der Waals surface area contributed by atoms with Gasteiger partial charge in [0, 0.05) is 12.1 Å². The van der Waals surface area contributed by atoms with Gasteiger partial charge in [-0.1, -0.05) is 24.3 Å². The quantitative estimate of drug-likeness (QED) is 0.279. The summed E-state index contributed by atoms with van der Waals surface area (Å²) in [5.74, 6) is 0.975. The number of nitrogens with zero attached hydrogens (tertiary/aromatic N) is 1. The van der Waals surface area contributed by atoms with E-state index >= 15 is 0 Å². The number of methoxy groups -OCH3 is 1. The molecule has 30 heavy (non-hydrogen) atoms. The zero-order valence-electron chi connectivity index (χ0n) is 17.3. The lowest BCUT2D eigenvalue weighted by atomic mass is 9.94. The highest BCUT2D eigenvalue weighted by Gasteiger charge is 2.24. The van der Waals surface area contributed by atoms with Gasteiger partial charge in [-0.2, -0.15) is 0 Å². The highest BCUT2D eigenvalue weighted by Crippen LogP contribution is 2.25. The lowest BCUT2D eigenvalue weighted by Gasteiger charge is -2.28. The summed E-state index contributed by atoms with van der Waals surface area (Å²) >= 11 is 0. The van der Waals surface area contributed by atoms with Crippen LogP contribution in [0.15, 0.2) is 48.5 Å². The van der Waals surface area contributed by atoms with Gasteiger partial charge >= 0.3 is 6.23 Å². The van der Waals surface area contributed by atoms with Crippen LogP contribution in [0.3, 0.4) is 0 Å². The molecular weight excluding hydrogens is 412 g/mol. The molecule has 0 aromatic heterocycles. The van der Waals surface area contributed by atoms with E-state index in [1.54, 1.807) is 19.2 Å². The van der Waals surface area contributed by atoms with E-state index in [4.69, 9.17) is 9.47 Å². The Bertz CT molecular complexity index is 800. The minimum Gasteiger partial charge on any atom is -0.497 e. The molecule has 0 spiro atoms. The predicted molar refractivity (Wildman–Crippen MR) is 116 cm³/mol. The number of rotatable bonds is 11. The van der Waals surface area contributed by atoms with Crippen molar-refractivity contribution in [2.45, 2.75) is 38.1 Å². The van der Waals surface area contributed by atoms with Gasteiger partial charge < -0.3 is 25.0 Å². The van der Waals surface area contributed by atoms with Crippen LogP contribution in [-0.4, -0.2) is 47.0 Å². The van der Waals surface area contributed by atoms with Gasteiger partial charge in [-0.15, -0.1) is 12.4 Å². The van der Waals surface area contributed by atoms with Crippen LogP contribution in [0.4, 0.5) is 0 Å². The zero-order chi connectivity index (χ0) is 21.4. The van der Waals surface area contributed by atoms with Crippen LogP contribution in [0.1, 0.15) is 31.2 Å². The Morgan fingerprint density at radius 1 is 1.13 bits per heavy atom. The minimum absolute atomic E-state index is 0. The first-order valence-corrected chi connectivity index (χ1v) is 9.31. The van der Waals surface area contributed by atoms with Gasteiger partial charge in [0.2, 0.25) is 0 Å². The number of hydrogen-bond donors (Lipinski definition) is 3. The average Bonchev–Trinajstić information content (AvgIpc) is 2.70. The molecule has 166 valence electrons. The fraction of sp³-hybridized carbons (Fsp3) is 0.429. The summed E-state index contributed by atoms with van der Waals surface area (Å²) in [7, 11) is 1.63. The van der Waals surface area contributed by atoms with Crippen LogP contribution in [-0.2, 0) is 6.42 Å². The maximum atomic E-state index is 10.8. The fourth-order valence-electron chi connectivity index (χ4n) is 2.89. The largest absolute Gasteiger partial charge is 0.497 e. The molecule has 0 amide bonds. The maximum absolute atomic E-state index is 10.8. The van der Waals surface area contributed by atoms with Crippen LogP contribution >= 0.6 is 12.4 Å². The smallest absolute Gasteiger partial charge is 0.343 e. The lowest BCUT2D eigenvalue weighted by molar-refractivity contribution is -0.578. The Morgan fingerprint density at radius 3 is 2.37 bits per heavy atom. The number of para-hydroxylation sites is 1. The molecule has 2 aromatic rings. The van der Waals surface area contributed by atoms with Crippen molar-refractivity contribution in [1.29, 1.82) is 0 Å². The summed E-state index contributed by atoms with van der Waals surface area (Å²) in [6.45, 7) is 4.29. The topological polar surface area (TPSA) is 114 Å². The van der Waals surface area contributed by atoms with Gasteiger partial charge in [0.25, 0.3) is 0 Å². The Hall–Kier alpha value is -2.39. The zero-order valence-corrected chi connectivity index (χ0v) is 18.1. The molecule has 0 aliphatic rings. The van der Waals surface area contributed by atoms with Crippen molar-refractivity contribution in [3.63, 3.8) is 0 Å². The van der Waals surface area contributed by atoms with Crippen LogP contribution in [0.2, 0.25) is 0 Å². The minimum atomic E-state index is -1.87. The number of β-amino-alcohol motifs (C(OH)–C–C–N with tert-alkyl or cyclic N) is 1. The number of benzene rings is 2. The molecule has 0 heterocycles. The second kappa shape index (κ2) is 11.7. The first-order valence-electron chi connectivity index (χ1n) is 9.31. The number of nitrogens with one attached hydrogen (secondary N) is 1. The molecule has 8 nitrogen and oxygen atoms in total. The Balaban J connectivity index is 0.00000450. The number of halogens is 1. The summed E-state index contributed by atoms with van der Waals surface area (Å²) in [5, 5.41) is 34.0. The summed E-state index contributed by atoms with van der Waals surface area (Å²) in [6.07, 6.45) is -1.95. The van der Waals surface area contributed by atoms with Gasteiger partial charge in [-0.3, -0.25) is 10.1 Å². The normalized spacial score (nSPS) is 13.1. The van der Waals surface area contributed by atoms with Gasteiger partial charge in [0.05, 0.1) is 17.6 Å². The van der Waals surface area contributed by atoms with Crippen molar-refractivity contribution in [1.82, 2.24) is 5.32 Å². The number of hydrogen-bond acceptors (Lipinski definition) is 7. The van der Waals surface area contributed by atoms with Crippen LogP contribution in [0.5, 0.6) is 11.5 Å². The van der Waals surface area contributed by atoms with E-state index in [1.165, 1.54) is 12.1 Å². The highest BCUT2D eigenvalue weighted by molar-refractivity contribution is 5.85. The molecule has 3 N–H and O–H groups in total. The predicted octanol–water partition coefficient (Wildman–Crippen LogP) is 2.74. The van der Waals surface area contributed by atoms with E-state index in [1.807, 2.05) is 38.1 Å². The molecular formula is C21H29ClN2O6. The molecule has 0 bridgehead atoms. The third-order valence-corrected chi connectivity index (χ3v) is 4.45. The van der Waals surface area contributed by atoms with Crippen molar-refractivity contribution in [3.8, 4) is 11.5 Å². The van der Waals surface area contributed by atoms with Crippen molar-refractivity contribution in [2.24, 2.45) is 0 Å². The maximum Gasteiger partial charge on any atom is 0.343 e. The SMILES string of the molecule is COc1ccc(CC(C)(C)NC[C@@H](O)COc2ccccc2[C@@H](O)[N+](=O)[O-])cc1.Cl. The van der Waals surface area contributed by atoms with Gasteiger partial charge in [0.1, 0.15) is 24.2 Å². The first kappa shape index (κ1) is 25.6. The van der Waals surface area contributed by atoms with Crippen LogP contribution < -0.4 is 14.8 Å². The molecule has 2 rings (SSSR count). The Labute approximate surface area is 182 Å². The van der Waals surface area contributed by atoms with Crippen molar-refractivity contribution in [2.75, 3.05) is 20.3 Å². The molecule has 0 fully saturated rings. The Kier molecular flexibility index (Phi) is 10.0. The van der Waals surface area contributed by atoms with E-state index in [0.29, 0.717) is 0 Å². The molecule has 0 radical (unpaired) electrons. The third-order valence-electron chi connectivity index (χ3n) is 4.45. The summed E-state index contributed by atoms with van der Waals surface area (Å²) < 4.78 is 10.7. The molecule has 0 saturated heterocycles. The summed E-state index contributed by atoms with van der Waals surface area (Å²) in [5.41, 5.74) is 0.921. The molecule has 2 atom stereocenters. The summed E-state index contributed by atoms with van der Waals surface area (Å²) in [4.78, 5) is 10.0. The number of nitro groups is 1. The second-order valence-electron chi connectivity index (χ2n) is 7.45. The van der Waals surface area contributed by atoms with Crippen molar-refractivity contribution < 1.29 is 24.6 Å². The lowest BCUT2D eigenvalue weighted by Crippen LogP contribution is -2.46. The molecule has 9 heteroatoms. The highest BCUT2D eigenvalue weighted by atomic mass is 35.5. The first-order chi connectivity index (χ1) is 13.7. The van der Waals surface area contributed by atoms with E-state index in [0.717, 1.165) is 17.7 Å². The molecule has 0 unspecified atom stereocenters. The van der Waals surface area contributed by atoms with E-state index in [-0.39, 0.29) is 42.4 Å². The molecule has 0 saturated carbocycles. The number of aliphatic hydroxyl groups excluding tert-OH is 2. The monoisotopic (exact) mass is 440 g/mol. The molecule has 0 aliphatic heterocycles. The standard InChI is InChI=1S/C21H28N2O6.ClH/c1-21(2,12-15-8-10-17(28-3)11-9-15)22-13-16(24)14-29-19-7-5-4-6-18(19)20(25)23(26)27;/h4-11,16,20,22,24-25H,12-14H2,1-3H3;1H/t16-,20-;/m1./s1. The summed E-state index contributed by atoms with van der Waals surface area (Å²) in [6, 6.07) is 14.0. The number of aliphatic hydroxyl groups is 2. The average molecular weight is 441 g/mol. The van der Waals surface area contributed by atoms with Gasteiger partial charge in [-0.25, -0.2) is 0 Å². The van der Waals surface area contributed by atoms with Crippen molar-refractivity contribution in [3.05, 3.63) is 69.8 Å². The third kappa shape index (κ3) is 7.79. The van der Waals surface area contributed by atoms with Gasteiger partial charge in [0.15, 0.2) is 0 Å². The Morgan fingerprint density at radius 2 is 1.77 bits per heavy atom.